The number of ether oxygens (including phenoxy) is 2. The van der Waals surface area contributed by atoms with Crippen LogP contribution in [0.15, 0.2) is 12.1 Å². The maximum absolute atomic E-state index is 9.80. The third-order valence-electron chi connectivity index (χ3n) is 2.61. The van der Waals surface area contributed by atoms with Gasteiger partial charge in [0.2, 0.25) is 0 Å². The molecule has 3 nitrogen and oxygen atoms in total. The van der Waals surface area contributed by atoms with Gasteiger partial charge in [0.25, 0.3) is 0 Å². The molecule has 0 amide bonds. The number of hydrogen-bond donors (Lipinski definition) is 1. The number of aliphatic hydroxyl groups is 1. The molecule has 2 rings (SSSR count). The lowest BCUT2D eigenvalue weighted by molar-refractivity contribution is 0.173. The fourth-order valence-corrected chi connectivity index (χ4v) is 1.95. The lowest BCUT2D eigenvalue weighted by atomic mass is 10.1. The Hall–Kier alpha value is -0.930. The van der Waals surface area contributed by atoms with E-state index in [4.69, 9.17) is 21.1 Å². The molecule has 1 heterocycles. The van der Waals surface area contributed by atoms with E-state index in [-0.39, 0.29) is 0 Å². The van der Waals surface area contributed by atoms with E-state index >= 15 is 0 Å². The van der Waals surface area contributed by atoms with Crippen molar-refractivity contribution in [1.82, 2.24) is 0 Å². The Kier molecular flexibility index (Phi) is 3.56. The van der Waals surface area contributed by atoms with Gasteiger partial charge in [0, 0.05) is 18.1 Å². The molecular weight excluding hydrogens is 228 g/mol. The molecular formula is C12H15ClO3. The van der Waals surface area contributed by atoms with E-state index in [0.29, 0.717) is 41.7 Å². The molecule has 4 heteroatoms. The summed E-state index contributed by atoms with van der Waals surface area (Å²) in [5.41, 5.74) is 0.702. The van der Waals surface area contributed by atoms with Crippen LogP contribution in [-0.4, -0.2) is 18.3 Å². The summed E-state index contributed by atoms with van der Waals surface area (Å²) in [4.78, 5) is 0. The molecule has 0 radical (unpaired) electrons. The Morgan fingerprint density at radius 3 is 2.56 bits per heavy atom. The van der Waals surface area contributed by atoms with E-state index in [1.807, 2.05) is 6.92 Å². The second-order valence-electron chi connectivity index (χ2n) is 3.79. The highest BCUT2D eigenvalue weighted by Gasteiger charge is 2.17. The minimum atomic E-state index is -0.551. The van der Waals surface area contributed by atoms with Gasteiger partial charge in [-0.3, -0.25) is 0 Å². The largest absolute Gasteiger partial charge is 0.490 e. The van der Waals surface area contributed by atoms with E-state index in [9.17, 15) is 5.11 Å². The first-order valence-electron chi connectivity index (χ1n) is 5.49. The van der Waals surface area contributed by atoms with Gasteiger partial charge in [-0.1, -0.05) is 18.5 Å². The Bertz CT molecular complexity index is 379. The number of halogens is 1. The number of fused-ring (bicyclic) bond motifs is 1. The highest BCUT2D eigenvalue weighted by atomic mass is 35.5. The lowest BCUT2D eigenvalue weighted by Gasteiger charge is -2.14. The van der Waals surface area contributed by atoms with Gasteiger partial charge in [-0.2, -0.15) is 0 Å². The molecule has 88 valence electrons. The van der Waals surface area contributed by atoms with Gasteiger partial charge in [0.05, 0.1) is 24.3 Å². The lowest BCUT2D eigenvalue weighted by Crippen LogP contribution is -1.99. The molecule has 1 aliphatic rings. The number of benzene rings is 1. The number of aliphatic hydroxyl groups excluding tert-OH is 1. The standard InChI is InChI=1S/C12H15ClO3/c1-2-10(14)8-6-11-12(7-9(8)13)16-5-3-4-15-11/h6-7,10,14H,2-5H2,1H3. The van der Waals surface area contributed by atoms with Crippen molar-refractivity contribution in [2.24, 2.45) is 0 Å². The van der Waals surface area contributed by atoms with Crippen LogP contribution in [-0.2, 0) is 0 Å². The number of rotatable bonds is 2. The number of hydrogen-bond acceptors (Lipinski definition) is 3. The topological polar surface area (TPSA) is 38.7 Å². The predicted octanol–water partition coefficient (Wildman–Crippen LogP) is 2.94. The van der Waals surface area contributed by atoms with E-state index in [0.717, 1.165) is 6.42 Å². The Morgan fingerprint density at radius 2 is 1.94 bits per heavy atom. The van der Waals surface area contributed by atoms with Crippen molar-refractivity contribution >= 4 is 11.6 Å². The molecule has 0 bridgehead atoms. The summed E-state index contributed by atoms with van der Waals surface area (Å²) in [6.07, 6.45) is 0.932. The second-order valence-corrected chi connectivity index (χ2v) is 4.20. The molecule has 1 N–H and O–H groups in total. The summed E-state index contributed by atoms with van der Waals surface area (Å²) in [6, 6.07) is 3.49. The van der Waals surface area contributed by atoms with Crippen LogP contribution in [0.3, 0.4) is 0 Å². The van der Waals surface area contributed by atoms with Crippen molar-refractivity contribution < 1.29 is 14.6 Å². The summed E-state index contributed by atoms with van der Waals surface area (Å²) in [5, 5.41) is 10.3. The van der Waals surface area contributed by atoms with Crippen LogP contribution in [0.5, 0.6) is 11.5 Å². The van der Waals surface area contributed by atoms with Crippen molar-refractivity contribution in [3.8, 4) is 11.5 Å². The molecule has 1 aromatic carbocycles. The zero-order chi connectivity index (χ0) is 11.5. The van der Waals surface area contributed by atoms with Crippen LogP contribution in [0.1, 0.15) is 31.4 Å². The van der Waals surface area contributed by atoms with Gasteiger partial charge in [-0.05, 0) is 12.5 Å². The van der Waals surface area contributed by atoms with Crippen LogP contribution >= 0.6 is 11.6 Å². The van der Waals surface area contributed by atoms with Crippen LogP contribution in [0.25, 0.3) is 0 Å². The quantitative estimate of drug-likeness (QED) is 0.867. The molecule has 0 aromatic heterocycles. The molecule has 1 aromatic rings. The van der Waals surface area contributed by atoms with E-state index in [1.165, 1.54) is 0 Å². The van der Waals surface area contributed by atoms with Gasteiger partial charge >= 0.3 is 0 Å². The van der Waals surface area contributed by atoms with Crippen molar-refractivity contribution in [2.45, 2.75) is 25.9 Å². The summed E-state index contributed by atoms with van der Waals surface area (Å²) in [7, 11) is 0. The van der Waals surface area contributed by atoms with Crippen molar-refractivity contribution in [3.05, 3.63) is 22.7 Å². The highest BCUT2D eigenvalue weighted by molar-refractivity contribution is 6.31. The molecule has 0 saturated heterocycles. The Balaban J connectivity index is 2.38. The van der Waals surface area contributed by atoms with Crippen molar-refractivity contribution in [3.63, 3.8) is 0 Å². The average Bonchev–Trinajstić information content (AvgIpc) is 2.51. The van der Waals surface area contributed by atoms with Crippen molar-refractivity contribution in [2.75, 3.05) is 13.2 Å². The molecule has 1 unspecified atom stereocenters. The molecule has 0 fully saturated rings. The molecule has 16 heavy (non-hydrogen) atoms. The normalized spacial score (nSPS) is 16.7. The van der Waals surface area contributed by atoms with Gasteiger partial charge in [-0.25, -0.2) is 0 Å². The van der Waals surface area contributed by atoms with Gasteiger partial charge in [-0.15, -0.1) is 0 Å². The second kappa shape index (κ2) is 4.93. The molecule has 0 spiro atoms. The summed E-state index contributed by atoms with van der Waals surface area (Å²) >= 11 is 6.09. The average molecular weight is 243 g/mol. The first kappa shape index (κ1) is 11.6. The zero-order valence-electron chi connectivity index (χ0n) is 9.20. The van der Waals surface area contributed by atoms with Crippen molar-refractivity contribution in [1.29, 1.82) is 0 Å². The summed E-state index contributed by atoms with van der Waals surface area (Å²) in [5.74, 6) is 1.33. The molecule has 1 atom stereocenters. The minimum Gasteiger partial charge on any atom is -0.490 e. The van der Waals surface area contributed by atoms with Crippen LogP contribution in [0.4, 0.5) is 0 Å². The molecule has 0 aliphatic carbocycles. The fraction of sp³-hybridized carbons (Fsp3) is 0.500. The fourth-order valence-electron chi connectivity index (χ4n) is 1.67. The summed E-state index contributed by atoms with van der Waals surface area (Å²) < 4.78 is 11.1. The molecule has 0 saturated carbocycles. The van der Waals surface area contributed by atoms with E-state index < -0.39 is 6.10 Å². The van der Waals surface area contributed by atoms with E-state index in [2.05, 4.69) is 0 Å². The zero-order valence-corrected chi connectivity index (χ0v) is 9.96. The maximum atomic E-state index is 9.80. The predicted molar refractivity (Wildman–Crippen MR) is 62.3 cm³/mol. The van der Waals surface area contributed by atoms with Gasteiger partial charge in [0.15, 0.2) is 11.5 Å². The maximum Gasteiger partial charge on any atom is 0.162 e. The monoisotopic (exact) mass is 242 g/mol. The Labute approximate surface area is 99.9 Å². The van der Waals surface area contributed by atoms with Gasteiger partial charge in [0.1, 0.15) is 0 Å². The molecule has 1 aliphatic heterocycles. The van der Waals surface area contributed by atoms with E-state index in [1.54, 1.807) is 12.1 Å². The van der Waals surface area contributed by atoms with Gasteiger partial charge < -0.3 is 14.6 Å². The third kappa shape index (κ3) is 2.25. The first-order valence-corrected chi connectivity index (χ1v) is 5.87. The minimum absolute atomic E-state index is 0.526. The smallest absolute Gasteiger partial charge is 0.162 e. The third-order valence-corrected chi connectivity index (χ3v) is 2.94. The van der Waals surface area contributed by atoms with Crippen LogP contribution in [0, 0.1) is 0 Å². The van der Waals surface area contributed by atoms with Crippen LogP contribution in [0.2, 0.25) is 5.02 Å². The highest BCUT2D eigenvalue weighted by Crippen LogP contribution is 2.37. The summed E-state index contributed by atoms with van der Waals surface area (Å²) in [6.45, 7) is 3.18. The van der Waals surface area contributed by atoms with Crippen LogP contribution < -0.4 is 9.47 Å². The SMILES string of the molecule is CCC(O)c1cc2c(cc1Cl)OCCCO2. The first-order chi connectivity index (χ1) is 7.72. The Morgan fingerprint density at radius 1 is 1.31 bits per heavy atom.